The molecule has 23 heavy (non-hydrogen) atoms. The Bertz CT molecular complexity index is 672. The van der Waals surface area contributed by atoms with E-state index in [4.69, 9.17) is 0 Å². The van der Waals surface area contributed by atoms with E-state index in [0.29, 0.717) is 0 Å². The summed E-state index contributed by atoms with van der Waals surface area (Å²) in [4.78, 5) is 13.6. The number of rotatable bonds is 3. The number of carbonyl (C=O) groups is 1. The van der Waals surface area contributed by atoms with Crippen molar-refractivity contribution in [1.29, 1.82) is 0 Å². The minimum Gasteiger partial charge on any atom is -0.481 e. The topological polar surface area (TPSA) is 40.5 Å². The van der Waals surface area contributed by atoms with Gasteiger partial charge in [-0.15, -0.1) is 0 Å². The second-order valence-corrected chi connectivity index (χ2v) is 7.22. The molecule has 0 aromatic carbocycles. The predicted octanol–water partition coefficient (Wildman–Crippen LogP) is 4.20. The Balaban J connectivity index is 2.01. The molecule has 1 aromatic rings. The Hall–Kier alpha value is -1.65. The van der Waals surface area contributed by atoms with Crippen LogP contribution in [0.5, 0.6) is 0 Å². The molecular formula is C19H23NO2S. The molecule has 0 amide bonds. The number of hydrogen-bond acceptors (Lipinski definition) is 3. The molecule has 0 saturated carbocycles. The van der Waals surface area contributed by atoms with Gasteiger partial charge in [0.25, 0.3) is 0 Å². The fraction of sp³-hybridized carbons (Fsp3) is 0.421. The number of carboxylic acid groups (broad SMARTS) is 1. The van der Waals surface area contributed by atoms with E-state index in [2.05, 4.69) is 41.8 Å². The van der Waals surface area contributed by atoms with Gasteiger partial charge in [0.05, 0.1) is 6.42 Å². The lowest BCUT2D eigenvalue weighted by Crippen LogP contribution is -2.28. The molecule has 1 atom stereocenters. The van der Waals surface area contributed by atoms with Crippen LogP contribution in [0.4, 0.5) is 0 Å². The number of hydrogen-bond donors (Lipinski definition) is 1. The fourth-order valence-electron chi connectivity index (χ4n) is 3.64. The molecule has 4 heteroatoms. The minimum absolute atomic E-state index is 0.117. The summed E-state index contributed by atoms with van der Waals surface area (Å²) in [6.07, 6.45) is 6.35. The highest BCUT2D eigenvalue weighted by atomic mass is 32.1. The molecule has 0 spiro atoms. The van der Waals surface area contributed by atoms with E-state index in [-0.39, 0.29) is 12.3 Å². The Morgan fingerprint density at radius 2 is 2.09 bits per heavy atom. The van der Waals surface area contributed by atoms with Gasteiger partial charge >= 0.3 is 5.97 Å². The average Bonchev–Trinajstić information content (AvgIpc) is 3.02. The Labute approximate surface area is 141 Å². The molecule has 1 N–H and O–H groups in total. The molecule has 122 valence electrons. The third-order valence-electron chi connectivity index (χ3n) is 4.88. The zero-order valence-corrected chi connectivity index (χ0v) is 14.5. The normalized spacial score (nSPS) is 22.8. The average molecular weight is 329 g/mol. The van der Waals surface area contributed by atoms with Crippen LogP contribution in [0.1, 0.15) is 31.7 Å². The summed E-state index contributed by atoms with van der Waals surface area (Å²) in [5, 5.41) is 13.5. The number of nitrogens with zero attached hydrogens (tertiary/aromatic N) is 1. The van der Waals surface area contributed by atoms with E-state index in [1.165, 1.54) is 22.3 Å². The fourth-order valence-corrected chi connectivity index (χ4v) is 4.31. The number of aliphatic carboxylic acids is 1. The van der Waals surface area contributed by atoms with Gasteiger partial charge in [0, 0.05) is 19.0 Å². The number of thiophene rings is 1. The highest BCUT2D eigenvalue weighted by Crippen LogP contribution is 2.41. The van der Waals surface area contributed by atoms with Gasteiger partial charge in [-0.2, -0.15) is 11.3 Å². The summed E-state index contributed by atoms with van der Waals surface area (Å²) in [7, 11) is 2.15. The van der Waals surface area contributed by atoms with Gasteiger partial charge in [-0.3, -0.25) is 4.79 Å². The first-order chi connectivity index (χ1) is 11.1. The van der Waals surface area contributed by atoms with Crippen molar-refractivity contribution in [3.05, 3.63) is 51.3 Å². The Morgan fingerprint density at radius 3 is 2.70 bits per heavy atom. The lowest BCUT2D eigenvalue weighted by Gasteiger charge is -2.32. The molecule has 0 bridgehead atoms. The third-order valence-corrected chi connectivity index (χ3v) is 5.56. The van der Waals surface area contributed by atoms with E-state index in [1.54, 1.807) is 11.3 Å². The van der Waals surface area contributed by atoms with Crippen LogP contribution < -0.4 is 0 Å². The molecule has 1 aliphatic carbocycles. The summed E-state index contributed by atoms with van der Waals surface area (Å²) >= 11 is 1.71. The second-order valence-electron chi connectivity index (χ2n) is 6.44. The maximum Gasteiger partial charge on any atom is 0.307 e. The van der Waals surface area contributed by atoms with Crippen LogP contribution in [0.2, 0.25) is 0 Å². The van der Waals surface area contributed by atoms with Crippen LogP contribution in [0, 0.1) is 5.92 Å². The molecule has 2 aliphatic rings. The van der Waals surface area contributed by atoms with Crippen molar-refractivity contribution < 1.29 is 9.90 Å². The van der Waals surface area contributed by atoms with Crippen molar-refractivity contribution in [2.45, 2.75) is 26.2 Å². The Morgan fingerprint density at radius 1 is 1.35 bits per heavy atom. The summed E-state index contributed by atoms with van der Waals surface area (Å²) in [5.41, 5.74) is 6.29. The SMILES string of the molecule is CC1C(c2ccsc2)=CC=C(CC(=O)O)C1=C1CCN(C)CC1. The summed E-state index contributed by atoms with van der Waals surface area (Å²) < 4.78 is 0. The second kappa shape index (κ2) is 6.85. The lowest BCUT2D eigenvalue weighted by atomic mass is 9.76. The van der Waals surface area contributed by atoms with Gasteiger partial charge in [-0.05, 0) is 59.0 Å². The standard InChI is InChI=1S/C19H23NO2S/c1-13-17(16-7-10-23-12-16)4-3-15(11-18(21)22)19(13)14-5-8-20(2)9-6-14/h3-4,7,10,12-13H,5-6,8-9,11H2,1-2H3,(H,21,22). The maximum absolute atomic E-state index is 11.3. The third kappa shape index (κ3) is 3.48. The number of allylic oxidation sites excluding steroid dienone is 4. The molecule has 2 heterocycles. The van der Waals surface area contributed by atoms with Crippen LogP contribution in [0.25, 0.3) is 5.57 Å². The van der Waals surface area contributed by atoms with Crippen LogP contribution in [0.15, 0.2) is 45.7 Å². The van der Waals surface area contributed by atoms with Gasteiger partial charge in [0.2, 0.25) is 0 Å². The smallest absolute Gasteiger partial charge is 0.307 e. The quantitative estimate of drug-likeness (QED) is 0.903. The van der Waals surface area contributed by atoms with Crippen LogP contribution in [-0.2, 0) is 4.79 Å². The van der Waals surface area contributed by atoms with Crippen molar-refractivity contribution in [2.24, 2.45) is 5.92 Å². The summed E-state index contributed by atoms with van der Waals surface area (Å²) in [6.45, 7) is 4.34. The van der Waals surface area contributed by atoms with Crippen molar-refractivity contribution in [3.8, 4) is 0 Å². The van der Waals surface area contributed by atoms with E-state index >= 15 is 0 Å². The van der Waals surface area contributed by atoms with E-state index in [9.17, 15) is 9.90 Å². The van der Waals surface area contributed by atoms with E-state index in [1.807, 2.05) is 6.08 Å². The monoisotopic (exact) mass is 329 g/mol. The van der Waals surface area contributed by atoms with Gasteiger partial charge < -0.3 is 10.0 Å². The van der Waals surface area contributed by atoms with Crippen LogP contribution in [0.3, 0.4) is 0 Å². The number of piperidine rings is 1. The Kier molecular flexibility index (Phi) is 4.83. The summed E-state index contributed by atoms with van der Waals surface area (Å²) in [5.74, 6) is -0.482. The van der Waals surface area contributed by atoms with Gasteiger partial charge in [0.1, 0.15) is 0 Å². The minimum atomic E-state index is -0.748. The number of likely N-dealkylation sites (tertiary alicyclic amines) is 1. The van der Waals surface area contributed by atoms with Crippen molar-refractivity contribution >= 4 is 22.9 Å². The highest BCUT2D eigenvalue weighted by molar-refractivity contribution is 7.08. The molecule has 3 rings (SSSR count). The zero-order valence-electron chi connectivity index (χ0n) is 13.7. The lowest BCUT2D eigenvalue weighted by molar-refractivity contribution is -0.136. The molecule has 0 radical (unpaired) electrons. The van der Waals surface area contributed by atoms with E-state index < -0.39 is 5.97 Å². The first kappa shape index (κ1) is 16.2. The first-order valence-electron chi connectivity index (χ1n) is 8.12. The largest absolute Gasteiger partial charge is 0.481 e. The van der Waals surface area contributed by atoms with Gasteiger partial charge in [0.15, 0.2) is 0 Å². The molecular weight excluding hydrogens is 306 g/mol. The highest BCUT2D eigenvalue weighted by Gasteiger charge is 2.27. The maximum atomic E-state index is 11.3. The van der Waals surface area contributed by atoms with Crippen LogP contribution in [-0.4, -0.2) is 36.1 Å². The van der Waals surface area contributed by atoms with E-state index in [0.717, 1.165) is 31.5 Å². The van der Waals surface area contributed by atoms with Crippen LogP contribution >= 0.6 is 11.3 Å². The molecule has 1 saturated heterocycles. The molecule has 1 aromatic heterocycles. The molecule has 1 aliphatic heterocycles. The molecule has 3 nitrogen and oxygen atoms in total. The predicted molar refractivity (Wildman–Crippen MR) is 95.6 cm³/mol. The van der Waals surface area contributed by atoms with Crippen molar-refractivity contribution in [3.63, 3.8) is 0 Å². The zero-order chi connectivity index (χ0) is 16.4. The molecule has 1 fully saturated rings. The van der Waals surface area contributed by atoms with Gasteiger partial charge in [-0.25, -0.2) is 0 Å². The van der Waals surface area contributed by atoms with Crippen molar-refractivity contribution in [1.82, 2.24) is 4.90 Å². The van der Waals surface area contributed by atoms with Gasteiger partial charge in [-0.1, -0.05) is 24.6 Å². The van der Waals surface area contributed by atoms with Crippen molar-refractivity contribution in [2.75, 3.05) is 20.1 Å². The molecule has 1 unspecified atom stereocenters. The first-order valence-corrected chi connectivity index (χ1v) is 9.06. The number of carboxylic acids is 1. The summed E-state index contributed by atoms with van der Waals surface area (Å²) in [6, 6.07) is 2.15.